The topological polar surface area (TPSA) is 47.0 Å². The fourth-order valence-electron chi connectivity index (χ4n) is 2.55. The molecule has 0 amide bonds. The van der Waals surface area contributed by atoms with E-state index in [0.29, 0.717) is 23.8 Å². The zero-order valence-corrected chi connectivity index (χ0v) is 12.4. The van der Waals surface area contributed by atoms with Gasteiger partial charge in [-0.2, -0.15) is 0 Å². The molecule has 5 heteroatoms. The Hall–Kier alpha value is -1.03. The molecule has 1 aliphatic carbocycles. The van der Waals surface area contributed by atoms with Crippen LogP contribution in [0.1, 0.15) is 38.2 Å². The predicted molar refractivity (Wildman–Crippen MR) is 78.0 cm³/mol. The van der Waals surface area contributed by atoms with Crippen molar-refractivity contribution >= 4 is 17.4 Å². The summed E-state index contributed by atoms with van der Waals surface area (Å²) in [5.41, 5.74) is 0.975. The van der Waals surface area contributed by atoms with Crippen LogP contribution in [0.25, 0.3) is 0 Å². The van der Waals surface area contributed by atoms with Crippen molar-refractivity contribution in [3.63, 3.8) is 0 Å². The monoisotopic (exact) mass is 283 g/mol. The molecule has 1 fully saturated rings. The lowest BCUT2D eigenvalue weighted by Crippen LogP contribution is -2.23. The second-order valence-corrected chi connectivity index (χ2v) is 5.71. The van der Waals surface area contributed by atoms with Gasteiger partial charge >= 0.3 is 0 Å². The van der Waals surface area contributed by atoms with Crippen LogP contribution < -0.4 is 10.1 Å². The molecule has 1 aromatic heterocycles. The maximum Gasteiger partial charge on any atom is 0.221 e. The first-order valence-corrected chi connectivity index (χ1v) is 7.46. The van der Waals surface area contributed by atoms with Gasteiger partial charge in [0.2, 0.25) is 5.88 Å². The zero-order chi connectivity index (χ0) is 13.7. The molecule has 0 radical (unpaired) electrons. The molecule has 1 saturated carbocycles. The standard InChI is InChI=1S/C14H22ClN3O/c1-3-19-14-10(2)13(17-9-18-14)16-8-11-5-4-6-12(15)7-11/h9,11-12H,3-8H2,1-2H3,(H,16,17,18). The highest BCUT2D eigenvalue weighted by Gasteiger charge is 2.20. The summed E-state index contributed by atoms with van der Waals surface area (Å²) in [5.74, 6) is 2.18. The molecule has 106 valence electrons. The number of halogens is 1. The van der Waals surface area contributed by atoms with Gasteiger partial charge in [-0.3, -0.25) is 0 Å². The van der Waals surface area contributed by atoms with E-state index in [9.17, 15) is 0 Å². The predicted octanol–water partition coefficient (Wildman–Crippen LogP) is 3.39. The molecule has 2 unspecified atom stereocenters. The molecule has 0 bridgehead atoms. The van der Waals surface area contributed by atoms with Crippen molar-refractivity contribution in [1.29, 1.82) is 0 Å². The third-order valence-electron chi connectivity index (χ3n) is 3.60. The van der Waals surface area contributed by atoms with E-state index in [4.69, 9.17) is 16.3 Å². The van der Waals surface area contributed by atoms with Crippen LogP contribution in [-0.2, 0) is 0 Å². The zero-order valence-electron chi connectivity index (χ0n) is 11.7. The van der Waals surface area contributed by atoms with Gasteiger partial charge in [0.05, 0.1) is 12.2 Å². The Morgan fingerprint density at radius 3 is 3.00 bits per heavy atom. The number of anilines is 1. The Bertz CT molecular complexity index is 414. The summed E-state index contributed by atoms with van der Waals surface area (Å²) in [4.78, 5) is 8.43. The highest BCUT2D eigenvalue weighted by molar-refractivity contribution is 6.20. The minimum absolute atomic E-state index is 0.339. The van der Waals surface area contributed by atoms with Gasteiger partial charge in [-0.25, -0.2) is 9.97 Å². The minimum Gasteiger partial charge on any atom is -0.478 e. The summed E-state index contributed by atoms with van der Waals surface area (Å²) in [7, 11) is 0. The van der Waals surface area contributed by atoms with Crippen molar-refractivity contribution in [1.82, 2.24) is 9.97 Å². The average Bonchev–Trinajstić information content (AvgIpc) is 2.40. The maximum absolute atomic E-state index is 6.22. The number of hydrogen-bond acceptors (Lipinski definition) is 4. The molecular formula is C14H22ClN3O. The van der Waals surface area contributed by atoms with Crippen molar-refractivity contribution < 1.29 is 4.74 Å². The second-order valence-electron chi connectivity index (χ2n) is 5.10. The molecule has 1 N–H and O–H groups in total. The largest absolute Gasteiger partial charge is 0.478 e. The van der Waals surface area contributed by atoms with Crippen molar-refractivity contribution in [2.75, 3.05) is 18.5 Å². The van der Waals surface area contributed by atoms with Crippen molar-refractivity contribution in [2.24, 2.45) is 5.92 Å². The highest BCUT2D eigenvalue weighted by atomic mass is 35.5. The lowest BCUT2D eigenvalue weighted by molar-refractivity contribution is 0.323. The number of ether oxygens (including phenoxy) is 1. The van der Waals surface area contributed by atoms with E-state index in [2.05, 4.69) is 15.3 Å². The normalized spacial score (nSPS) is 23.1. The number of nitrogens with zero attached hydrogens (tertiary/aromatic N) is 2. The van der Waals surface area contributed by atoms with Gasteiger partial charge < -0.3 is 10.1 Å². The van der Waals surface area contributed by atoms with E-state index in [1.807, 2.05) is 13.8 Å². The smallest absolute Gasteiger partial charge is 0.221 e. The number of rotatable bonds is 5. The molecule has 2 rings (SSSR count). The van der Waals surface area contributed by atoms with E-state index in [-0.39, 0.29) is 0 Å². The van der Waals surface area contributed by atoms with E-state index in [0.717, 1.165) is 30.8 Å². The van der Waals surface area contributed by atoms with Crippen LogP contribution in [0.4, 0.5) is 5.82 Å². The summed E-state index contributed by atoms with van der Waals surface area (Å²) in [5, 5.41) is 3.75. The van der Waals surface area contributed by atoms with Crippen LogP contribution in [0.5, 0.6) is 5.88 Å². The quantitative estimate of drug-likeness (QED) is 0.842. The third-order valence-corrected chi connectivity index (χ3v) is 3.99. The first kappa shape index (κ1) is 14.4. The first-order chi connectivity index (χ1) is 9.20. The van der Waals surface area contributed by atoms with Gasteiger partial charge in [0, 0.05) is 11.9 Å². The van der Waals surface area contributed by atoms with Gasteiger partial charge in [-0.1, -0.05) is 6.42 Å². The van der Waals surface area contributed by atoms with Crippen LogP contribution in [0.15, 0.2) is 6.33 Å². The Balaban J connectivity index is 1.93. The molecule has 0 saturated heterocycles. The van der Waals surface area contributed by atoms with Crippen molar-refractivity contribution in [2.45, 2.75) is 44.9 Å². The summed E-state index contributed by atoms with van der Waals surface area (Å²) < 4.78 is 5.47. The molecule has 1 aromatic rings. The fraction of sp³-hybridized carbons (Fsp3) is 0.714. The van der Waals surface area contributed by atoms with Crippen molar-refractivity contribution in [3.8, 4) is 5.88 Å². The molecule has 0 aromatic carbocycles. The summed E-state index contributed by atoms with van der Waals surface area (Å²) in [6.07, 6.45) is 6.27. The van der Waals surface area contributed by atoms with E-state index >= 15 is 0 Å². The average molecular weight is 284 g/mol. The van der Waals surface area contributed by atoms with E-state index in [1.54, 1.807) is 6.33 Å². The molecule has 1 heterocycles. The van der Waals surface area contributed by atoms with Crippen LogP contribution in [0.2, 0.25) is 0 Å². The summed E-state index contributed by atoms with van der Waals surface area (Å²) in [6, 6.07) is 0. The number of nitrogens with one attached hydrogen (secondary N) is 1. The molecule has 19 heavy (non-hydrogen) atoms. The number of hydrogen-bond donors (Lipinski definition) is 1. The molecule has 4 nitrogen and oxygen atoms in total. The number of alkyl halides is 1. The van der Waals surface area contributed by atoms with Gasteiger partial charge in [-0.15, -0.1) is 11.6 Å². The van der Waals surface area contributed by atoms with Gasteiger partial charge in [0.15, 0.2) is 0 Å². The molecule has 0 spiro atoms. The van der Waals surface area contributed by atoms with Crippen LogP contribution in [-0.4, -0.2) is 28.5 Å². The SMILES string of the molecule is CCOc1ncnc(NCC2CCCC(Cl)C2)c1C. The third kappa shape index (κ3) is 3.96. The minimum atomic E-state index is 0.339. The van der Waals surface area contributed by atoms with E-state index < -0.39 is 0 Å². The molecular weight excluding hydrogens is 262 g/mol. The fourth-order valence-corrected chi connectivity index (χ4v) is 2.95. The van der Waals surface area contributed by atoms with Crippen LogP contribution in [0.3, 0.4) is 0 Å². The first-order valence-electron chi connectivity index (χ1n) is 7.03. The van der Waals surface area contributed by atoms with Crippen LogP contribution >= 0.6 is 11.6 Å². The Morgan fingerprint density at radius 1 is 1.42 bits per heavy atom. The Morgan fingerprint density at radius 2 is 2.26 bits per heavy atom. The molecule has 0 aliphatic heterocycles. The van der Waals surface area contributed by atoms with Gasteiger partial charge in [0.1, 0.15) is 12.1 Å². The summed E-state index contributed by atoms with van der Waals surface area (Å²) >= 11 is 6.22. The lowest BCUT2D eigenvalue weighted by Gasteiger charge is -2.26. The highest BCUT2D eigenvalue weighted by Crippen LogP contribution is 2.28. The van der Waals surface area contributed by atoms with E-state index in [1.165, 1.54) is 12.8 Å². The summed E-state index contributed by atoms with van der Waals surface area (Å²) in [6.45, 7) is 5.48. The molecule has 1 aliphatic rings. The van der Waals surface area contributed by atoms with Crippen LogP contribution in [0, 0.1) is 12.8 Å². The Labute approximate surface area is 119 Å². The van der Waals surface area contributed by atoms with Gasteiger partial charge in [-0.05, 0) is 39.0 Å². The Kier molecular flexibility index (Phi) is 5.25. The molecule has 2 atom stereocenters. The lowest BCUT2D eigenvalue weighted by atomic mass is 9.89. The van der Waals surface area contributed by atoms with Crippen molar-refractivity contribution in [3.05, 3.63) is 11.9 Å². The van der Waals surface area contributed by atoms with Gasteiger partial charge in [0.25, 0.3) is 0 Å². The second kappa shape index (κ2) is 6.94. The maximum atomic E-state index is 6.22. The number of aromatic nitrogens is 2.